The molecule has 1 aliphatic heterocycles. The fraction of sp³-hybridized carbons (Fsp3) is 0.300. The molecule has 13 heavy (non-hydrogen) atoms. The monoisotopic (exact) mass is 239 g/mol. The maximum Gasteiger partial charge on any atom is 0.251 e. The van der Waals surface area contributed by atoms with Gasteiger partial charge in [-0.05, 0) is 36.6 Å². The Balaban J connectivity index is 2.58. The van der Waals surface area contributed by atoms with E-state index in [-0.39, 0.29) is 5.91 Å². The SMILES string of the molecule is Cc1cc2c(cc1Br)CCNC2=O. The van der Waals surface area contributed by atoms with Crippen LogP contribution in [0.5, 0.6) is 0 Å². The first-order valence-corrected chi connectivity index (χ1v) is 5.05. The predicted molar refractivity (Wildman–Crippen MR) is 54.9 cm³/mol. The van der Waals surface area contributed by atoms with Crippen LogP contribution < -0.4 is 5.32 Å². The van der Waals surface area contributed by atoms with Crippen molar-refractivity contribution in [2.45, 2.75) is 13.3 Å². The highest BCUT2D eigenvalue weighted by molar-refractivity contribution is 9.10. The van der Waals surface area contributed by atoms with Gasteiger partial charge in [0.25, 0.3) is 5.91 Å². The predicted octanol–water partition coefficient (Wildman–Crippen LogP) is 2.04. The number of rotatable bonds is 0. The van der Waals surface area contributed by atoms with Gasteiger partial charge in [-0.1, -0.05) is 15.9 Å². The van der Waals surface area contributed by atoms with Crippen LogP contribution in [-0.2, 0) is 6.42 Å². The first kappa shape index (κ1) is 8.75. The number of aryl methyl sites for hydroxylation is 1. The van der Waals surface area contributed by atoms with Gasteiger partial charge in [-0.3, -0.25) is 4.79 Å². The number of fused-ring (bicyclic) bond motifs is 1. The van der Waals surface area contributed by atoms with Crippen LogP contribution >= 0.6 is 15.9 Å². The normalized spacial score (nSPS) is 15.1. The summed E-state index contributed by atoms with van der Waals surface area (Å²) in [5.74, 6) is 0.0526. The second-order valence-electron chi connectivity index (χ2n) is 3.26. The molecule has 0 bridgehead atoms. The number of nitrogens with one attached hydrogen (secondary N) is 1. The third kappa shape index (κ3) is 1.48. The van der Waals surface area contributed by atoms with Gasteiger partial charge in [0.1, 0.15) is 0 Å². The summed E-state index contributed by atoms with van der Waals surface area (Å²) in [7, 11) is 0. The lowest BCUT2D eigenvalue weighted by atomic mass is 9.98. The van der Waals surface area contributed by atoms with Crippen molar-refractivity contribution in [3.8, 4) is 0 Å². The Kier molecular flexibility index (Phi) is 2.12. The zero-order chi connectivity index (χ0) is 9.42. The minimum Gasteiger partial charge on any atom is -0.352 e. The van der Waals surface area contributed by atoms with Crippen LogP contribution in [0.15, 0.2) is 16.6 Å². The molecule has 1 amide bonds. The molecule has 3 heteroatoms. The Hall–Kier alpha value is -0.830. The number of hydrogen-bond acceptors (Lipinski definition) is 1. The van der Waals surface area contributed by atoms with Crippen LogP contribution in [0.2, 0.25) is 0 Å². The van der Waals surface area contributed by atoms with E-state index in [4.69, 9.17) is 0 Å². The van der Waals surface area contributed by atoms with E-state index in [2.05, 4.69) is 21.2 Å². The van der Waals surface area contributed by atoms with Gasteiger partial charge in [0.2, 0.25) is 0 Å². The average Bonchev–Trinajstić information content (AvgIpc) is 2.09. The molecule has 0 aromatic heterocycles. The van der Waals surface area contributed by atoms with Crippen LogP contribution in [0.25, 0.3) is 0 Å². The third-order valence-electron chi connectivity index (χ3n) is 2.31. The second-order valence-corrected chi connectivity index (χ2v) is 4.12. The van der Waals surface area contributed by atoms with Crippen molar-refractivity contribution in [3.05, 3.63) is 33.3 Å². The average molecular weight is 240 g/mol. The molecular formula is C10H10BrNO. The van der Waals surface area contributed by atoms with Crippen LogP contribution in [-0.4, -0.2) is 12.5 Å². The Bertz CT molecular complexity index is 373. The molecule has 1 aromatic carbocycles. The van der Waals surface area contributed by atoms with E-state index >= 15 is 0 Å². The fourth-order valence-corrected chi connectivity index (χ4v) is 1.94. The molecule has 1 aliphatic rings. The lowest BCUT2D eigenvalue weighted by Crippen LogP contribution is -2.31. The smallest absolute Gasteiger partial charge is 0.251 e. The third-order valence-corrected chi connectivity index (χ3v) is 3.16. The molecule has 68 valence electrons. The van der Waals surface area contributed by atoms with Crippen molar-refractivity contribution >= 4 is 21.8 Å². The Labute approximate surface area is 85.5 Å². The summed E-state index contributed by atoms with van der Waals surface area (Å²) >= 11 is 3.46. The van der Waals surface area contributed by atoms with Crippen LogP contribution in [0.1, 0.15) is 21.5 Å². The molecule has 1 aromatic rings. The van der Waals surface area contributed by atoms with Gasteiger partial charge in [0.15, 0.2) is 0 Å². The van der Waals surface area contributed by atoms with E-state index in [0.717, 1.165) is 34.1 Å². The summed E-state index contributed by atoms with van der Waals surface area (Å²) in [5, 5.41) is 2.83. The highest BCUT2D eigenvalue weighted by Crippen LogP contribution is 2.23. The summed E-state index contributed by atoms with van der Waals surface area (Å²) in [6.45, 7) is 2.74. The van der Waals surface area contributed by atoms with Crippen LogP contribution in [0.4, 0.5) is 0 Å². The number of halogens is 1. The molecular weight excluding hydrogens is 230 g/mol. The van der Waals surface area contributed by atoms with Crippen molar-refractivity contribution in [2.75, 3.05) is 6.54 Å². The van der Waals surface area contributed by atoms with Gasteiger partial charge in [-0.25, -0.2) is 0 Å². The van der Waals surface area contributed by atoms with E-state index < -0.39 is 0 Å². The van der Waals surface area contributed by atoms with Gasteiger partial charge < -0.3 is 5.32 Å². The molecule has 2 rings (SSSR count). The Morgan fingerprint density at radius 2 is 2.23 bits per heavy atom. The van der Waals surface area contributed by atoms with Crippen molar-refractivity contribution in [1.82, 2.24) is 5.32 Å². The van der Waals surface area contributed by atoms with Gasteiger partial charge in [0.05, 0.1) is 0 Å². The molecule has 2 nitrogen and oxygen atoms in total. The molecule has 0 atom stereocenters. The number of carbonyl (C=O) groups excluding carboxylic acids is 1. The first-order chi connectivity index (χ1) is 6.18. The highest BCUT2D eigenvalue weighted by Gasteiger charge is 2.17. The maximum atomic E-state index is 11.4. The van der Waals surface area contributed by atoms with Crippen molar-refractivity contribution < 1.29 is 4.79 Å². The summed E-state index contributed by atoms with van der Waals surface area (Å²) in [4.78, 5) is 11.4. The van der Waals surface area contributed by atoms with Gasteiger partial charge >= 0.3 is 0 Å². The molecule has 0 saturated heterocycles. The zero-order valence-electron chi connectivity index (χ0n) is 7.36. The van der Waals surface area contributed by atoms with E-state index in [9.17, 15) is 4.79 Å². The van der Waals surface area contributed by atoms with Crippen LogP contribution in [0.3, 0.4) is 0 Å². The molecule has 1 heterocycles. The van der Waals surface area contributed by atoms with Gasteiger partial charge in [-0.15, -0.1) is 0 Å². The highest BCUT2D eigenvalue weighted by atomic mass is 79.9. The van der Waals surface area contributed by atoms with E-state index in [1.807, 2.05) is 19.1 Å². The lowest BCUT2D eigenvalue weighted by Gasteiger charge is -2.17. The van der Waals surface area contributed by atoms with Crippen LogP contribution in [0, 0.1) is 6.92 Å². The maximum absolute atomic E-state index is 11.4. The van der Waals surface area contributed by atoms with Crippen molar-refractivity contribution in [2.24, 2.45) is 0 Å². The summed E-state index contributed by atoms with van der Waals surface area (Å²) in [6, 6.07) is 3.98. The minimum atomic E-state index is 0.0526. The topological polar surface area (TPSA) is 29.1 Å². The molecule has 0 aliphatic carbocycles. The van der Waals surface area contributed by atoms with E-state index in [1.54, 1.807) is 0 Å². The fourth-order valence-electron chi connectivity index (χ4n) is 1.55. The molecule has 0 saturated carbocycles. The minimum absolute atomic E-state index is 0.0526. The number of amides is 1. The summed E-state index contributed by atoms with van der Waals surface area (Å²) < 4.78 is 1.08. The zero-order valence-corrected chi connectivity index (χ0v) is 8.94. The second kappa shape index (κ2) is 3.14. The molecule has 1 N–H and O–H groups in total. The molecule has 0 fully saturated rings. The largest absolute Gasteiger partial charge is 0.352 e. The van der Waals surface area contributed by atoms with Crippen molar-refractivity contribution in [3.63, 3.8) is 0 Å². The molecule has 0 unspecified atom stereocenters. The molecule has 0 radical (unpaired) electrons. The first-order valence-electron chi connectivity index (χ1n) is 4.25. The van der Waals surface area contributed by atoms with E-state index in [1.165, 1.54) is 0 Å². The van der Waals surface area contributed by atoms with Gasteiger partial charge in [-0.2, -0.15) is 0 Å². The standard InChI is InChI=1S/C10H10BrNO/c1-6-4-8-7(5-9(6)11)2-3-12-10(8)13/h4-5H,2-3H2,1H3,(H,12,13). The van der Waals surface area contributed by atoms with Crippen molar-refractivity contribution in [1.29, 1.82) is 0 Å². The van der Waals surface area contributed by atoms with E-state index in [0.29, 0.717) is 0 Å². The number of carbonyl (C=O) groups is 1. The Morgan fingerprint density at radius 1 is 1.46 bits per heavy atom. The van der Waals surface area contributed by atoms with Gasteiger partial charge in [0, 0.05) is 16.6 Å². The summed E-state index contributed by atoms with van der Waals surface area (Å²) in [5.41, 5.74) is 3.07. The Morgan fingerprint density at radius 3 is 3.00 bits per heavy atom. The quantitative estimate of drug-likeness (QED) is 0.738. The number of hydrogen-bond donors (Lipinski definition) is 1. The summed E-state index contributed by atoms with van der Waals surface area (Å²) in [6.07, 6.45) is 0.931. The lowest BCUT2D eigenvalue weighted by molar-refractivity contribution is 0.0946. The molecule has 0 spiro atoms. The number of benzene rings is 1.